The van der Waals surface area contributed by atoms with Gasteiger partial charge in [0, 0.05) is 15.6 Å². The Balaban J connectivity index is 1.91. The largest absolute Gasteiger partial charge is 0.355 e. The molecule has 128 valence electrons. The lowest BCUT2D eigenvalue weighted by Crippen LogP contribution is -2.39. The molecular formula is C19H24ClN3S. The van der Waals surface area contributed by atoms with E-state index in [1.807, 2.05) is 31.9 Å². The molecule has 0 amide bonds. The van der Waals surface area contributed by atoms with E-state index < -0.39 is 0 Å². The average molecular weight is 362 g/mol. The molecule has 0 radical (unpaired) electrons. The number of fused-ring (bicyclic) bond motifs is 1. The third-order valence-electron chi connectivity index (χ3n) is 4.58. The number of anilines is 1. The van der Waals surface area contributed by atoms with Crippen molar-refractivity contribution in [2.45, 2.75) is 29.9 Å². The van der Waals surface area contributed by atoms with Crippen molar-refractivity contribution in [3.05, 3.63) is 59.1 Å². The Labute approximate surface area is 153 Å². The minimum Gasteiger partial charge on any atom is -0.355 e. The Morgan fingerprint density at radius 1 is 1.17 bits per heavy atom. The van der Waals surface area contributed by atoms with E-state index in [-0.39, 0.29) is 0 Å². The summed E-state index contributed by atoms with van der Waals surface area (Å²) in [6.07, 6.45) is 2.44. The normalized spacial score (nSPS) is 17.2. The van der Waals surface area contributed by atoms with Gasteiger partial charge in [-0.05, 0) is 62.8 Å². The number of thioether (sulfide) groups is 1. The van der Waals surface area contributed by atoms with Crippen LogP contribution in [-0.2, 0) is 0 Å². The van der Waals surface area contributed by atoms with E-state index in [1.165, 1.54) is 16.1 Å². The Hall–Kier alpha value is -1.20. The topological polar surface area (TPSA) is 27.3 Å². The molecule has 2 N–H and O–H groups in total. The van der Waals surface area contributed by atoms with Crippen LogP contribution in [0.25, 0.3) is 0 Å². The minimum atomic E-state index is 0.319. The van der Waals surface area contributed by atoms with Crippen molar-refractivity contribution < 1.29 is 0 Å². The van der Waals surface area contributed by atoms with Gasteiger partial charge in [-0.3, -0.25) is 0 Å². The first-order valence-corrected chi connectivity index (χ1v) is 9.67. The van der Waals surface area contributed by atoms with Crippen molar-refractivity contribution in [1.82, 2.24) is 10.6 Å². The SMILES string of the molecule is CNC(CCC1c2cc(Cl)ccc2SCN1c1ccccc1)NC. The second kappa shape index (κ2) is 8.26. The summed E-state index contributed by atoms with van der Waals surface area (Å²) in [6.45, 7) is 0. The molecule has 2 aromatic carbocycles. The van der Waals surface area contributed by atoms with Crippen molar-refractivity contribution in [2.75, 3.05) is 24.9 Å². The zero-order valence-electron chi connectivity index (χ0n) is 14.1. The van der Waals surface area contributed by atoms with E-state index in [0.717, 1.165) is 23.7 Å². The molecule has 2 aromatic rings. The molecule has 3 rings (SSSR count). The summed E-state index contributed by atoms with van der Waals surface area (Å²) < 4.78 is 0. The highest BCUT2D eigenvalue weighted by molar-refractivity contribution is 7.99. The molecule has 0 bridgehead atoms. The number of nitrogens with zero attached hydrogens (tertiary/aromatic N) is 1. The summed E-state index contributed by atoms with van der Waals surface area (Å²) in [4.78, 5) is 3.84. The molecule has 0 spiro atoms. The van der Waals surface area contributed by atoms with Crippen LogP contribution in [-0.4, -0.2) is 26.1 Å². The van der Waals surface area contributed by atoms with E-state index in [9.17, 15) is 0 Å². The van der Waals surface area contributed by atoms with E-state index in [2.05, 4.69) is 58.0 Å². The first-order chi connectivity index (χ1) is 11.7. The van der Waals surface area contributed by atoms with Crippen LogP contribution in [0.5, 0.6) is 0 Å². The van der Waals surface area contributed by atoms with Crippen LogP contribution >= 0.6 is 23.4 Å². The number of para-hydroxylation sites is 1. The predicted octanol–water partition coefficient (Wildman–Crippen LogP) is 4.50. The Kier molecular flexibility index (Phi) is 6.06. The number of halogens is 1. The van der Waals surface area contributed by atoms with E-state index >= 15 is 0 Å². The monoisotopic (exact) mass is 361 g/mol. The highest BCUT2D eigenvalue weighted by Crippen LogP contribution is 2.43. The van der Waals surface area contributed by atoms with Crippen molar-refractivity contribution in [3.8, 4) is 0 Å². The van der Waals surface area contributed by atoms with Gasteiger partial charge >= 0.3 is 0 Å². The van der Waals surface area contributed by atoms with Gasteiger partial charge in [-0.1, -0.05) is 29.8 Å². The van der Waals surface area contributed by atoms with Crippen LogP contribution in [0.15, 0.2) is 53.4 Å². The lowest BCUT2D eigenvalue weighted by atomic mass is 9.98. The molecule has 0 fully saturated rings. The van der Waals surface area contributed by atoms with Crippen LogP contribution in [0.3, 0.4) is 0 Å². The number of benzene rings is 2. The molecule has 1 aliphatic rings. The molecule has 1 aliphatic heterocycles. The molecule has 0 saturated carbocycles. The fourth-order valence-electron chi connectivity index (χ4n) is 3.25. The van der Waals surface area contributed by atoms with Crippen molar-refractivity contribution in [1.29, 1.82) is 0 Å². The van der Waals surface area contributed by atoms with Crippen LogP contribution in [0.2, 0.25) is 5.02 Å². The van der Waals surface area contributed by atoms with E-state index in [4.69, 9.17) is 11.6 Å². The summed E-state index contributed by atoms with van der Waals surface area (Å²) in [5.74, 6) is 0.965. The summed E-state index contributed by atoms with van der Waals surface area (Å²) >= 11 is 8.19. The maximum atomic E-state index is 6.30. The molecule has 3 nitrogen and oxygen atoms in total. The first kappa shape index (κ1) is 17.6. The Bertz CT molecular complexity index is 661. The van der Waals surface area contributed by atoms with Gasteiger partial charge in [0.15, 0.2) is 0 Å². The number of nitrogens with one attached hydrogen (secondary N) is 2. The summed E-state index contributed by atoms with van der Waals surface area (Å²) in [5, 5.41) is 7.45. The van der Waals surface area contributed by atoms with Crippen molar-refractivity contribution >= 4 is 29.1 Å². The lowest BCUT2D eigenvalue weighted by Gasteiger charge is -2.39. The van der Waals surface area contributed by atoms with Gasteiger partial charge in [-0.25, -0.2) is 0 Å². The fraction of sp³-hybridized carbons (Fsp3) is 0.368. The molecule has 1 heterocycles. The maximum Gasteiger partial charge on any atom is 0.0692 e. The van der Waals surface area contributed by atoms with Crippen LogP contribution < -0.4 is 15.5 Å². The zero-order chi connectivity index (χ0) is 16.9. The molecule has 0 aromatic heterocycles. The summed E-state index contributed by atoms with van der Waals surface area (Å²) in [5.41, 5.74) is 2.61. The van der Waals surface area contributed by atoms with E-state index in [0.29, 0.717) is 12.2 Å². The lowest BCUT2D eigenvalue weighted by molar-refractivity contribution is 0.421. The molecule has 0 saturated heterocycles. The fourth-order valence-corrected chi connectivity index (χ4v) is 4.56. The highest BCUT2D eigenvalue weighted by atomic mass is 35.5. The van der Waals surface area contributed by atoms with Crippen LogP contribution in [0.4, 0.5) is 5.69 Å². The van der Waals surface area contributed by atoms with Gasteiger partial charge in [0.05, 0.1) is 18.1 Å². The quantitative estimate of drug-likeness (QED) is 0.741. The Morgan fingerprint density at radius 2 is 1.92 bits per heavy atom. The maximum absolute atomic E-state index is 6.30. The third kappa shape index (κ3) is 3.89. The third-order valence-corrected chi connectivity index (χ3v) is 5.90. The van der Waals surface area contributed by atoms with Gasteiger partial charge < -0.3 is 15.5 Å². The van der Waals surface area contributed by atoms with Crippen LogP contribution in [0, 0.1) is 0 Å². The smallest absolute Gasteiger partial charge is 0.0692 e. The molecular weight excluding hydrogens is 338 g/mol. The molecule has 1 unspecified atom stereocenters. The summed E-state index contributed by atoms with van der Waals surface area (Å²) in [7, 11) is 4.00. The first-order valence-electron chi connectivity index (χ1n) is 8.31. The minimum absolute atomic E-state index is 0.319. The molecule has 1 atom stereocenters. The predicted molar refractivity (Wildman–Crippen MR) is 105 cm³/mol. The van der Waals surface area contributed by atoms with Crippen LogP contribution in [0.1, 0.15) is 24.4 Å². The van der Waals surface area contributed by atoms with Gasteiger partial charge in [0.25, 0.3) is 0 Å². The molecule has 5 heteroatoms. The summed E-state index contributed by atoms with van der Waals surface area (Å²) in [6, 6.07) is 17.3. The second-order valence-electron chi connectivity index (χ2n) is 5.98. The van der Waals surface area contributed by atoms with Crippen molar-refractivity contribution in [2.24, 2.45) is 0 Å². The van der Waals surface area contributed by atoms with Gasteiger partial charge in [0.2, 0.25) is 0 Å². The number of rotatable bonds is 6. The van der Waals surface area contributed by atoms with Gasteiger partial charge in [-0.2, -0.15) is 0 Å². The Morgan fingerprint density at radius 3 is 2.62 bits per heavy atom. The molecule has 0 aliphatic carbocycles. The highest BCUT2D eigenvalue weighted by Gasteiger charge is 2.28. The van der Waals surface area contributed by atoms with Gasteiger partial charge in [0.1, 0.15) is 0 Å². The van der Waals surface area contributed by atoms with Gasteiger partial charge in [-0.15, -0.1) is 11.8 Å². The number of hydrogen-bond donors (Lipinski definition) is 2. The van der Waals surface area contributed by atoms with E-state index in [1.54, 1.807) is 0 Å². The number of hydrogen-bond acceptors (Lipinski definition) is 4. The standard InChI is InChI=1S/C19H24ClN3S/c1-21-19(22-2)11-9-17-16-12-14(20)8-10-18(16)24-13-23(17)15-6-4-3-5-7-15/h3-8,10,12,17,19,21-22H,9,11,13H2,1-2H3. The average Bonchev–Trinajstić information content (AvgIpc) is 2.63. The zero-order valence-corrected chi connectivity index (χ0v) is 15.7. The second-order valence-corrected chi connectivity index (χ2v) is 7.41. The molecule has 24 heavy (non-hydrogen) atoms. The van der Waals surface area contributed by atoms with Crippen molar-refractivity contribution in [3.63, 3.8) is 0 Å².